The van der Waals surface area contributed by atoms with Crippen molar-refractivity contribution in [2.24, 2.45) is 0 Å². The Balaban J connectivity index is 1.24. The van der Waals surface area contributed by atoms with Crippen LogP contribution in [-0.2, 0) is 24.5 Å². The highest BCUT2D eigenvalue weighted by molar-refractivity contribution is 6.06. The van der Waals surface area contributed by atoms with E-state index in [9.17, 15) is 9.90 Å². The second-order valence-electron chi connectivity index (χ2n) is 12.6. The highest BCUT2D eigenvalue weighted by Crippen LogP contribution is 2.43. The fourth-order valence-corrected chi connectivity index (χ4v) is 6.71. The van der Waals surface area contributed by atoms with Crippen LogP contribution in [0.3, 0.4) is 0 Å². The van der Waals surface area contributed by atoms with E-state index in [0.717, 1.165) is 16.7 Å². The summed E-state index contributed by atoms with van der Waals surface area (Å²) in [5.74, 6) is 1.28. The molecule has 3 heterocycles. The summed E-state index contributed by atoms with van der Waals surface area (Å²) >= 11 is 0. The monoisotopic (exact) mass is 731 g/mol. The zero-order chi connectivity index (χ0) is 37.5. The van der Waals surface area contributed by atoms with Gasteiger partial charge in [0.1, 0.15) is 41.7 Å². The molecule has 0 radical (unpaired) electrons. The predicted octanol–water partition coefficient (Wildman–Crippen LogP) is 5.39. The first-order valence-electron chi connectivity index (χ1n) is 17.4. The number of nitrogens with zero attached hydrogens (tertiary/aromatic N) is 4. The summed E-state index contributed by atoms with van der Waals surface area (Å²) in [6.45, 7) is 0.442. The topological polar surface area (TPSA) is 148 Å². The van der Waals surface area contributed by atoms with Gasteiger partial charge in [-0.1, -0.05) is 72.8 Å². The third-order valence-electron chi connectivity index (χ3n) is 9.45. The fourth-order valence-electron chi connectivity index (χ4n) is 6.71. The zero-order valence-electron chi connectivity index (χ0n) is 30.1. The van der Waals surface area contributed by atoms with Crippen LogP contribution in [0.15, 0.2) is 122 Å². The molecule has 0 saturated carbocycles. The quantitative estimate of drug-likeness (QED) is 0.103. The lowest BCUT2D eigenvalue weighted by molar-refractivity contribution is -0.0970. The number of anilines is 1. The van der Waals surface area contributed by atoms with Crippen molar-refractivity contribution in [1.82, 2.24) is 19.5 Å². The molecule has 0 aliphatic carbocycles. The van der Waals surface area contributed by atoms with Crippen LogP contribution >= 0.6 is 0 Å². The minimum absolute atomic E-state index is 0.0469. The molecular weight excluding hydrogens is 690 g/mol. The molecule has 1 amide bonds. The molecule has 6 aromatic rings. The third-order valence-corrected chi connectivity index (χ3v) is 9.45. The molecule has 1 aliphatic rings. The van der Waals surface area contributed by atoms with E-state index in [1.807, 2.05) is 84.9 Å². The fraction of sp³-hybridized carbons (Fsp3) is 0.268. The Hall–Kier alpha value is -5.70. The van der Waals surface area contributed by atoms with Gasteiger partial charge in [0.25, 0.3) is 5.91 Å². The van der Waals surface area contributed by atoms with Gasteiger partial charge < -0.3 is 38.8 Å². The number of methoxy groups -OCH3 is 3. The number of imidazole rings is 1. The number of carbonyl (C=O) groups is 1. The largest absolute Gasteiger partial charge is 0.497 e. The van der Waals surface area contributed by atoms with Crippen molar-refractivity contribution in [2.45, 2.75) is 30.1 Å². The van der Waals surface area contributed by atoms with Crippen LogP contribution < -0.4 is 14.8 Å². The van der Waals surface area contributed by atoms with Crippen molar-refractivity contribution >= 4 is 22.9 Å². The Bertz CT molecular complexity index is 2080. The molecule has 13 heteroatoms. The van der Waals surface area contributed by atoms with Crippen LogP contribution in [0.5, 0.6) is 11.5 Å². The van der Waals surface area contributed by atoms with Crippen molar-refractivity contribution in [3.05, 3.63) is 144 Å². The average molecular weight is 732 g/mol. The molecule has 0 spiro atoms. The lowest BCUT2D eigenvalue weighted by atomic mass is 9.80. The number of rotatable bonds is 15. The normalized spacial score (nSPS) is 18.4. The molecule has 1 saturated heterocycles. The molecular formula is C41H41N5O8. The van der Waals surface area contributed by atoms with E-state index in [0.29, 0.717) is 34.8 Å². The van der Waals surface area contributed by atoms with Gasteiger partial charge in [0, 0.05) is 12.7 Å². The van der Waals surface area contributed by atoms with Gasteiger partial charge in [-0.25, -0.2) is 15.0 Å². The lowest BCUT2D eigenvalue weighted by Gasteiger charge is -2.37. The zero-order valence-corrected chi connectivity index (χ0v) is 30.1. The number of aliphatic hydroxyl groups excluding tert-OH is 1. The maximum atomic E-state index is 13.0. The molecule has 2 aromatic heterocycles. The molecule has 0 unspecified atom stereocenters. The maximum absolute atomic E-state index is 13.0. The van der Waals surface area contributed by atoms with Crippen LogP contribution in [0.4, 0.5) is 5.82 Å². The molecule has 4 aromatic carbocycles. The number of ether oxygens (including phenoxy) is 6. The van der Waals surface area contributed by atoms with Gasteiger partial charge in [0.05, 0.1) is 40.4 Å². The Labute approximate surface area is 312 Å². The van der Waals surface area contributed by atoms with Gasteiger partial charge in [0.15, 0.2) is 23.2 Å². The minimum atomic E-state index is -1.14. The first kappa shape index (κ1) is 36.6. The number of benzene rings is 4. The van der Waals surface area contributed by atoms with E-state index in [4.69, 9.17) is 28.4 Å². The van der Waals surface area contributed by atoms with E-state index in [1.54, 1.807) is 50.2 Å². The van der Waals surface area contributed by atoms with Crippen LogP contribution in [-0.4, -0.2) is 90.0 Å². The Morgan fingerprint density at radius 2 is 1.41 bits per heavy atom. The van der Waals surface area contributed by atoms with Crippen molar-refractivity contribution in [3.8, 4) is 11.5 Å². The Morgan fingerprint density at radius 1 is 0.796 bits per heavy atom. The van der Waals surface area contributed by atoms with Crippen LogP contribution in [0.1, 0.15) is 33.3 Å². The van der Waals surface area contributed by atoms with Gasteiger partial charge in [-0.2, -0.15) is 0 Å². The van der Waals surface area contributed by atoms with Crippen molar-refractivity contribution in [2.75, 3.05) is 46.5 Å². The van der Waals surface area contributed by atoms with Gasteiger partial charge in [-0.15, -0.1) is 0 Å². The molecule has 2 N–H and O–H groups in total. The molecule has 278 valence electrons. The highest BCUT2D eigenvalue weighted by atomic mass is 16.6. The van der Waals surface area contributed by atoms with Crippen molar-refractivity contribution in [1.29, 1.82) is 0 Å². The van der Waals surface area contributed by atoms with E-state index in [-0.39, 0.29) is 24.9 Å². The maximum Gasteiger partial charge on any atom is 0.256 e. The number of aliphatic hydroxyl groups is 1. The van der Waals surface area contributed by atoms with Gasteiger partial charge in [0.2, 0.25) is 0 Å². The number of nitrogens with one attached hydrogen (secondary N) is 1. The van der Waals surface area contributed by atoms with E-state index < -0.39 is 30.1 Å². The van der Waals surface area contributed by atoms with Gasteiger partial charge >= 0.3 is 0 Å². The van der Waals surface area contributed by atoms with E-state index >= 15 is 0 Å². The van der Waals surface area contributed by atoms with E-state index in [1.165, 1.54) is 12.7 Å². The smallest absolute Gasteiger partial charge is 0.256 e. The van der Waals surface area contributed by atoms with E-state index in [2.05, 4.69) is 20.3 Å². The number of amides is 1. The standard InChI is InChI=1S/C41H41N5O8/c1-49-22-23-52-36-35(47)33(54-40(36)46-26-44-34-37(42-25-43-38(34)46)45-39(48)27-10-6-4-7-11-27)24-53-41(28-12-8-5-9-13-28,29-14-18-31(50-2)19-15-29)30-16-20-32(51-3)21-17-30/h4-21,25-26,33,35-36,40,47H,22-24H2,1-3H3,(H,42,43,45,48)/t33-,35+,36+,40-/m0/s1. The Kier molecular flexibility index (Phi) is 11.2. The summed E-state index contributed by atoms with van der Waals surface area (Å²) in [7, 11) is 4.82. The summed E-state index contributed by atoms with van der Waals surface area (Å²) in [6, 6.07) is 34.1. The van der Waals surface area contributed by atoms with Crippen LogP contribution in [0.2, 0.25) is 0 Å². The average Bonchev–Trinajstić information content (AvgIpc) is 3.80. The number of carbonyl (C=O) groups excluding carboxylic acids is 1. The second-order valence-corrected chi connectivity index (χ2v) is 12.6. The first-order valence-corrected chi connectivity index (χ1v) is 17.4. The summed E-state index contributed by atoms with van der Waals surface area (Å²) < 4.78 is 37.8. The lowest BCUT2D eigenvalue weighted by Crippen LogP contribution is -2.40. The molecule has 0 bridgehead atoms. The van der Waals surface area contributed by atoms with Crippen LogP contribution in [0, 0.1) is 0 Å². The molecule has 4 atom stereocenters. The SMILES string of the molecule is COCCO[C@@H]1[C@H](O)[C@H](COC(c2ccccc2)(c2ccc(OC)cc2)c2ccc(OC)cc2)O[C@@H]1n1cnc2c(NC(=O)c3ccccc3)ncnc21. The predicted molar refractivity (Wildman–Crippen MR) is 200 cm³/mol. The second kappa shape index (κ2) is 16.5. The number of fused-ring (bicyclic) bond motifs is 1. The van der Waals surface area contributed by atoms with Crippen LogP contribution in [0.25, 0.3) is 11.2 Å². The number of hydrogen-bond donors (Lipinski definition) is 2. The van der Waals surface area contributed by atoms with Crippen molar-refractivity contribution < 1.29 is 38.3 Å². The summed E-state index contributed by atoms with van der Waals surface area (Å²) in [5, 5.41) is 14.7. The first-order chi connectivity index (χ1) is 26.5. The van der Waals surface area contributed by atoms with Gasteiger partial charge in [-0.05, 0) is 53.1 Å². The highest BCUT2D eigenvalue weighted by Gasteiger charge is 2.48. The number of aromatic nitrogens is 4. The minimum Gasteiger partial charge on any atom is -0.497 e. The molecule has 13 nitrogen and oxygen atoms in total. The molecule has 54 heavy (non-hydrogen) atoms. The molecule has 7 rings (SSSR count). The summed E-state index contributed by atoms with van der Waals surface area (Å²) in [5.41, 5.74) is 2.57. The summed E-state index contributed by atoms with van der Waals surface area (Å²) in [4.78, 5) is 26.3. The van der Waals surface area contributed by atoms with Crippen molar-refractivity contribution in [3.63, 3.8) is 0 Å². The number of hydrogen-bond acceptors (Lipinski definition) is 11. The van der Waals surface area contributed by atoms with Gasteiger partial charge in [-0.3, -0.25) is 9.36 Å². The summed E-state index contributed by atoms with van der Waals surface area (Å²) in [6.07, 6.45) is -0.866. The third kappa shape index (κ3) is 7.27. The molecule has 1 aliphatic heterocycles. The Morgan fingerprint density at radius 3 is 2.02 bits per heavy atom. The molecule has 1 fully saturated rings.